The van der Waals surface area contributed by atoms with Crippen molar-refractivity contribution in [1.29, 1.82) is 0 Å². The van der Waals surface area contributed by atoms with Gasteiger partial charge in [0.05, 0.1) is 6.54 Å². The topological polar surface area (TPSA) is 35.6 Å². The third-order valence-corrected chi connectivity index (χ3v) is 4.52. The molecule has 2 aliphatic rings. The molecule has 0 spiro atoms. The van der Waals surface area contributed by atoms with Crippen LogP contribution >= 0.6 is 0 Å². The van der Waals surface area contributed by atoms with E-state index in [-0.39, 0.29) is 0 Å². The third-order valence-electron chi connectivity index (χ3n) is 4.52. The van der Waals surface area contributed by atoms with Crippen molar-refractivity contribution >= 4 is 5.91 Å². The molecule has 1 N–H and O–H groups in total. The Morgan fingerprint density at radius 1 is 1.25 bits per heavy atom. The minimum atomic E-state index is 0.349. The molecule has 2 heterocycles. The molecule has 4 nitrogen and oxygen atoms in total. The summed E-state index contributed by atoms with van der Waals surface area (Å²) in [6, 6.07) is 0. The lowest BCUT2D eigenvalue weighted by Crippen LogP contribution is -2.45. The lowest BCUT2D eigenvalue weighted by molar-refractivity contribution is -0.133. The van der Waals surface area contributed by atoms with E-state index in [0.717, 1.165) is 51.6 Å². The Morgan fingerprint density at radius 3 is 2.70 bits per heavy atom. The number of piperidine rings is 2. The zero-order valence-corrected chi connectivity index (χ0v) is 13.1. The molecule has 0 aromatic rings. The van der Waals surface area contributed by atoms with E-state index in [4.69, 9.17) is 0 Å². The highest BCUT2D eigenvalue weighted by Crippen LogP contribution is 2.13. The van der Waals surface area contributed by atoms with E-state index in [1.807, 2.05) is 0 Å². The number of amides is 1. The van der Waals surface area contributed by atoms with Gasteiger partial charge in [-0.3, -0.25) is 9.69 Å². The van der Waals surface area contributed by atoms with Gasteiger partial charge < -0.3 is 10.2 Å². The summed E-state index contributed by atoms with van der Waals surface area (Å²) in [4.78, 5) is 16.9. The Balaban J connectivity index is 1.79. The van der Waals surface area contributed by atoms with Crippen LogP contribution in [0.3, 0.4) is 0 Å². The Bertz CT molecular complexity index is 283. The Labute approximate surface area is 123 Å². The molecule has 2 aliphatic heterocycles. The van der Waals surface area contributed by atoms with Crippen LogP contribution in [0.2, 0.25) is 0 Å². The van der Waals surface area contributed by atoms with Crippen molar-refractivity contribution in [3.8, 4) is 0 Å². The molecule has 1 amide bonds. The SMILES string of the molecule is CCCN(CC(=O)N1CCCCC1)CC1CCCNC1. The number of carbonyl (C=O) groups is 1. The zero-order valence-electron chi connectivity index (χ0n) is 13.1. The van der Waals surface area contributed by atoms with Crippen LogP contribution in [0.4, 0.5) is 0 Å². The number of hydrogen-bond donors (Lipinski definition) is 1. The predicted molar refractivity (Wildman–Crippen MR) is 82.8 cm³/mol. The van der Waals surface area contributed by atoms with Crippen LogP contribution in [0, 0.1) is 5.92 Å². The van der Waals surface area contributed by atoms with Crippen LogP contribution in [-0.4, -0.2) is 61.5 Å². The molecule has 2 fully saturated rings. The fourth-order valence-electron chi connectivity index (χ4n) is 3.43. The van der Waals surface area contributed by atoms with E-state index in [2.05, 4.69) is 22.0 Å². The molecule has 2 saturated heterocycles. The van der Waals surface area contributed by atoms with E-state index in [0.29, 0.717) is 12.5 Å². The van der Waals surface area contributed by atoms with Gasteiger partial charge in [-0.1, -0.05) is 6.92 Å². The van der Waals surface area contributed by atoms with Crippen LogP contribution in [0.15, 0.2) is 0 Å². The second-order valence-corrected chi connectivity index (χ2v) is 6.39. The van der Waals surface area contributed by atoms with E-state index in [1.54, 1.807) is 0 Å². The number of nitrogens with zero attached hydrogens (tertiary/aromatic N) is 2. The van der Waals surface area contributed by atoms with Crippen molar-refractivity contribution in [2.24, 2.45) is 5.92 Å². The van der Waals surface area contributed by atoms with Gasteiger partial charge in [0.2, 0.25) is 5.91 Å². The number of likely N-dealkylation sites (tertiary alicyclic amines) is 1. The molecule has 1 unspecified atom stereocenters. The summed E-state index contributed by atoms with van der Waals surface area (Å²) in [6.07, 6.45) is 7.39. The molecule has 0 aromatic heterocycles. The molecule has 0 aromatic carbocycles. The first-order chi connectivity index (χ1) is 9.79. The Kier molecular flexibility index (Phi) is 6.80. The van der Waals surface area contributed by atoms with Gasteiger partial charge in [-0.05, 0) is 64.1 Å². The largest absolute Gasteiger partial charge is 0.342 e. The number of nitrogens with one attached hydrogen (secondary N) is 1. The average Bonchev–Trinajstić information content (AvgIpc) is 2.49. The number of carbonyl (C=O) groups excluding carboxylic acids is 1. The summed E-state index contributed by atoms with van der Waals surface area (Å²) in [7, 11) is 0. The fraction of sp³-hybridized carbons (Fsp3) is 0.938. The van der Waals surface area contributed by atoms with Gasteiger partial charge in [-0.2, -0.15) is 0 Å². The standard InChI is InChI=1S/C16H31N3O/c1-2-9-18(13-15-7-6-8-17-12-15)14-16(20)19-10-4-3-5-11-19/h15,17H,2-14H2,1H3. The first-order valence-electron chi connectivity index (χ1n) is 8.50. The van der Waals surface area contributed by atoms with E-state index in [1.165, 1.54) is 32.1 Å². The Hall–Kier alpha value is -0.610. The fourth-order valence-corrected chi connectivity index (χ4v) is 3.43. The number of rotatable bonds is 6. The van der Waals surface area contributed by atoms with Crippen molar-refractivity contribution in [3.05, 3.63) is 0 Å². The van der Waals surface area contributed by atoms with Crippen molar-refractivity contribution in [2.75, 3.05) is 45.8 Å². The number of hydrogen-bond acceptors (Lipinski definition) is 3. The maximum Gasteiger partial charge on any atom is 0.236 e. The van der Waals surface area contributed by atoms with E-state index >= 15 is 0 Å². The molecule has 0 aliphatic carbocycles. The van der Waals surface area contributed by atoms with Crippen LogP contribution < -0.4 is 5.32 Å². The zero-order chi connectivity index (χ0) is 14.2. The first-order valence-corrected chi connectivity index (χ1v) is 8.50. The van der Waals surface area contributed by atoms with Gasteiger partial charge in [-0.25, -0.2) is 0 Å². The molecule has 116 valence electrons. The van der Waals surface area contributed by atoms with Gasteiger partial charge in [0.1, 0.15) is 0 Å². The maximum atomic E-state index is 12.4. The highest BCUT2D eigenvalue weighted by molar-refractivity contribution is 5.78. The van der Waals surface area contributed by atoms with Crippen molar-refractivity contribution < 1.29 is 4.79 Å². The molecule has 1 atom stereocenters. The van der Waals surface area contributed by atoms with Crippen molar-refractivity contribution in [2.45, 2.75) is 45.4 Å². The van der Waals surface area contributed by atoms with Crippen molar-refractivity contribution in [1.82, 2.24) is 15.1 Å². The smallest absolute Gasteiger partial charge is 0.236 e. The summed E-state index contributed by atoms with van der Waals surface area (Å²) in [5, 5.41) is 3.48. The molecular formula is C16H31N3O. The van der Waals surface area contributed by atoms with Crippen LogP contribution in [0.25, 0.3) is 0 Å². The molecule has 0 radical (unpaired) electrons. The molecule has 20 heavy (non-hydrogen) atoms. The van der Waals surface area contributed by atoms with Gasteiger partial charge in [0.25, 0.3) is 0 Å². The third kappa shape index (κ3) is 5.06. The second-order valence-electron chi connectivity index (χ2n) is 6.39. The first kappa shape index (κ1) is 15.8. The summed E-state index contributed by atoms with van der Waals surface area (Å²) in [5.41, 5.74) is 0. The Morgan fingerprint density at radius 2 is 2.05 bits per heavy atom. The summed E-state index contributed by atoms with van der Waals surface area (Å²) in [6.45, 7) is 9.21. The summed E-state index contributed by atoms with van der Waals surface area (Å²) >= 11 is 0. The minimum absolute atomic E-state index is 0.349. The molecule has 0 bridgehead atoms. The average molecular weight is 281 g/mol. The molecule has 4 heteroatoms. The van der Waals surface area contributed by atoms with Gasteiger partial charge in [-0.15, -0.1) is 0 Å². The minimum Gasteiger partial charge on any atom is -0.342 e. The van der Waals surface area contributed by atoms with E-state index in [9.17, 15) is 4.79 Å². The molecule has 0 saturated carbocycles. The lowest BCUT2D eigenvalue weighted by atomic mass is 9.99. The van der Waals surface area contributed by atoms with Gasteiger partial charge in [0.15, 0.2) is 0 Å². The quantitative estimate of drug-likeness (QED) is 0.805. The predicted octanol–water partition coefficient (Wildman–Crippen LogP) is 1.71. The monoisotopic (exact) mass is 281 g/mol. The second kappa shape index (κ2) is 8.63. The highest BCUT2D eigenvalue weighted by Gasteiger charge is 2.22. The summed E-state index contributed by atoms with van der Waals surface area (Å²) < 4.78 is 0. The normalized spacial score (nSPS) is 24.1. The van der Waals surface area contributed by atoms with Crippen LogP contribution in [0.5, 0.6) is 0 Å². The highest BCUT2D eigenvalue weighted by atomic mass is 16.2. The van der Waals surface area contributed by atoms with Crippen LogP contribution in [0.1, 0.15) is 45.4 Å². The lowest BCUT2D eigenvalue weighted by Gasteiger charge is -2.32. The summed E-state index contributed by atoms with van der Waals surface area (Å²) in [5.74, 6) is 1.08. The molecular weight excluding hydrogens is 250 g/mol. The maximum absolute atomic E-state index is 12.4. The van der Waals surface area contributed by atoms with Gasteiger partial charge >= 0.3 is 0 Å². The van der Waals surface area contributed by atoms with Crippen LogP contribution in [-0.2, 0) is 4.79 Å². The van der Waals surface area contributed by atoms with Crippen molar-refractivity contribution in [3.63, 3.8) is 0 Å². The van der Waals surface area contributed by atoms with Gasteiger partial charge in [0, 0.05) is 19.6 Å². The van der Waals surface area contributed by atoms with E-state index < -0.39 is 0 Å². The molecule has 2 rings (SSSR count).